The van der Waals surface area contributed by atoms with Crippen molar-refractivity contribution in [2.24, 2.45) is 4.99 Å². The molecule has 10 heteroatoms. The van der Waals surface area contributed by atoms with Gasteiger partial charge in [-0.25, -0.2) is 9.79 Å². The Hall–Kier alpha value is -2.69. The highest BCUT2D eigenvalue weighted by Crippen LogP contribution is 2.34. The van der Waals surface area contributed by atoms with Gasteiger partial charge in [-0.1, -0.05) is 39.4 Å². The number of fused-ring (bicyclic) bond motifs is 1. The van der Waals surface area contributed by atoms with Gasteiger partial charge in [0.25, 0.3) is 5.56 Å². The van der Waals surface area contributed by atoms with Gasteiger partial charge in [-0.3, -0.25) is 9.36 Å². The van der Waals surface area contributed by atoms with Crippen LogP contribution in [0.15, 0.2) is 66.4 Å². The fourth-order valence-electron chi connectivity index (χ4n) is 3.89. The molecular formula is C25H22Br2N2O5S. The van der Waals surface area contributed by atoms with Gasteiger partial charge in [0.1, 0.15) is 11.5 Å². The molecule has 1 atom stereocenters. The molecule has 0 fully saturated rings. The summed E-state index contributed by atoms with van der Waals surface area (Å²) >= 11 is 8.19. The molecule has 0 spiro atoms. The number of allylic oxidation sites excluding steroid dienone is 1. The molecule has 4 rings (SSSR count). The highest BCUT2D eigenvalue weighted by Gasteiger charge is 2.33. The lowest BCUT2D eigenvalue weighted by Crippen LogP contribution is -2.39. The van der Waals surface area contributed by atoms with Crippen molar-refractivity contribution in [2.75, 3.05) is 20.8 Å². The first kappa shape index (κ1) is 25.4. The Morgan fingerprint density at radius 2 is 1.83 bits per heavy atom. The van der Waals surface area contributed by atoms with Crippen molar-refractivity contribution in [1.29, 1.82) is 0 Å². The molecule has 182 valence electrons. The van der Waals surface area contributed by atoms with Crippen molar-refractivity contribution in [2.45, 2.75) is 19.9 Å². The van der Waals surface area contributed by atoms with E-state index in [4.69, 9.17) is 14.2 Å². The molecule has 0 saturated heterocycles. The van der Waals surface area contributed by atoms with E-state index in [2.05, 4.69) is 36.9 Å². The molecule has 7 nitrogen and oxygen atoms in total. The second kappa shape index (κ2) is 10.5. The zero-order valence-corrected chi connectivity index (χ0v) is 23.4. The van der Waals surface area contributed by atoms with Crippen molar-refractivity contribution in [3.05, 3.63) is 87.4 Å². The number of benzene rings is 2. The van der Waals surface area contributed by atoms with E-state index < -0.39 is 12.0 Å². The average Bonchev–Trinajstić information content (AvgIpc) is 3.13. The van der Waals surface area contributed by atoms with Gasteiger partial charge in [-0.05, 0) is 59.6 Å². The minimum absolute atomic E-state index is 0.221. The van der Waals surface area contributed by atoms with Crippen LogP contribution in [0.4, 0.5) is 0 Å². The summed E-state index contributed by atoms with van der Waals surface area (Å²) in [6.45, 7) is 3.73. The highest BCUT2D eigenvalue weighted by molar-refractivity contribution is 9.10. The first-order valence-corrected chi connectivity index (χ1v) is 13.1. The fourth-order valence-corrected chi connectivity index (χ4v) is 5.71. The van der Waals surface area contributed by atoms with Crippen LogP contribution in [-0.4, -0.2) is 31.4 Å². The monoisotopic (exact) mass is 620 g/mol. The van der Waals surface area contributed by atoms with Gasteiger partial charge in [0.15, 0.2) is 4.80 Å². The molecule has 0 radical (unpaired) electrons. The summed E-state index contributed by atoms with van der Waals surface area (Å²) in [5.41, 5.74) is 2.09. The molecule has 1 aromatic heterocycles. The number of thiazole rings is 1. The molecule has 0 saturated carbocycles. The number of ether oxygens (including phenoxy) is 3. The summed E-state index contributed by atoms with van der Waals surface area (Å²) in [5.74, 6) is 0.686. The van der Waals surface area contributed by atoms with Crippen LogP contribution in [0.1, 0.15) is 31.0 Å². The number of carbonyl (C=O) groups is 1. The van der Waals surface area contributed by atoms with Gasteiger partial charge in [-0.15, -0.1) is 0 Å². The molecule has 1 aliphatic heterocycles. The molecular weight excluding hydrogens is 600 g/mol. The third-order valence-electron chi connectivity index (χ3n) is 5.49. The number of hydrogen-bond acceptors (Lipinski definition) is 7. The molecule has 1 unspecified atom stereocenters. The predicted molar refractivity (Wildman–Crippen MR) is 142 cm³/mol. The van der Waals surface area contributed by atoms with Crippen LogP contribution in [0.25, 0.3) is 6.08 Å². The van der Waals surface area contributed by atoms with Crippen LogP contribution in [0.2, 0.25) is 0 Å². The van der Waals surface area contributed by atoms with Crippen LogP contribution in [0.3, 0.4) is 0 Å². The molecule has 1 aliphatic rings. The van der Waals surface area contributed by atoms with Gasteiger partial charge in [-0.2, -0.15) is 0 Å². The van der Waals surface area contributed by atoms with Crippen LogP contribution in [0.5, 0.6) is 11.5 Å². The standard InChI is InChI=1S/C25H22Br2N2O5S/c1-5-34-24(31)21-13(2)28-25-29(22(21)14-6-8-16(26)9-7-14)23(30)20(35-25)11-15-10-17(27)19(33-4)12-18(15)32-3/h6-12,22H,5H2,1-4H3. The Bertz CT molecular complexity index is 1510. The fraction of sp³-hybridized carbons (Fsp3) is 0.240. The number of carbonyl (C=O) groups excluding carboxylic acids is 1. The summed E-state index contributed by atoms with van der Waals surface area (Å²) in [6, 6.07) is 10.4. The van der Waals surface area contributed by atoms with E-state index in [-0.39, 0.29) is 12.2 Å². The average molecular weight is 622 g/mol. The molecule has 3 aromatic rings. The molecule has 0 aliphatic carbocycles. The van der Waals surface area contributed by atoms with Crippen molar-refractivity contribution in [1.82, 2.24) is 4.57 Å². The van der Waals surface area contributed by atoms with E-state index >= 15 is 0 Å². The van der Waals surface area contributed by atoms with Crippen molar-refractivity contribution in [3.8, 4) is 11.5 Å². The summed E-state index contributed by atoms with van der Waals surface area (Å²) < 4.78 is 19.8. The summed E-state index contributed by atoms with van der Waals surface area (Å²) in [5, 5.41) is 0. The predicted octanol–water partition coefficient (Wildman–Crippen LogP) is 4.34. The lowest BCUT2D eigenvalue weighted by Gasteiger charge is -2.24. The topological polar surface area (TPSA) is 79.1 Å². The second-order valence-electron chi connectivity index (χ2n) is 7.58. The SMILES string of the molecule is CCOC(=O)C1=C(C)N=c2sc(=Cc3cc(Br)c(OC)cc3OC)c(=O)n2C1c1ccc(Br)cc1. The van der Waals surface area contributed by atoms with E-state index in [1.165, 1.54) is 11.3 Å². The van der Waals surface area contributed by atoms with Crippen LogP contribution >= 0.6 is 43.2 Å². The number of esters is 1. The number of rotatable bonds is 6. The minimum atomic E-state index is -0.662. The lowest BCUT2D eigenvalue weighted by molar-refractivity contribution is -0.139. The Balaban J connectivity index is 1.96. The summed E-state index contributed by atoms with van der Waals surface area (Å²) in [7, 11) is 3.13. The third kappa shape index (κ3) is 4.87. The Morgan fingerprint density at radius 3 is 2.46 bits per heavy atom. The molecule has 2 aromatic carbocycles. The summed E-state index contributed by atoms with van der Waals surface area (Å²) in [6.07, 6.45) is 1.76. The number of nitrogens with zero attached hydrogens (tertiary/aromatic N) is 2. The number of hydrogen-bond donors (Lipinski definition) is 0. The van der Waals surface area contributed by atoms with E-state index in [1.54, 1.807) is 44.8 Å². The van der Waals surface area contributed by atoms with Crippen molar-refractivity contribution in [3.63, 3.8) is 0 Å². The van der Waals surface area contributed by atoms with Crippen LogP contribution < -0.4 is 24.4 Å². The first-order valence-electron chi connectivity index (χ1n) is 10.7. The quantitative estimate of drug-likeness (QED) is 0.383. The Kier molecular flexibility index (Phi) is 7.63. The number of aromatic nitrogens is 1. The van der Waals surface area contributed by atoms with Gasteiger partial charge in [0, 0.05) is 16.1 Å². The maximum atomic E-state index is 13.7. The number of halogens is 2. The van der Waals surface area contributed by atoms with Crippen molar-refractivity contribution < 1.29 is 19.0 Å². The minimum Gasteiger partial charge on any atom is -0.496 e. The second-order valence-corrected chi connectivity index (χ2v) is 10.4. The maximum Gasteiger partial charge on any atom is 0.338 e. The van der Waals surface area contributed by atoms with Gasteiger partial charge in [0.05, 0.1) is 47.1 Å². The zero-order chi connectivity index (χ0) is 25.3. The zero-order valence-electron chi connectivity index (χ0n) is 19.4. The van der Waals surface area contributed by atoms with Crippen LogP contribution in [-0.2, 0) is 9.53 Å². The van der Waals surface area contributed by atoms with Gasteiger partial charge in [0.2, 0.25) is 0 Å². The van der Waals surface area contributed by atoms with Gasteiger partial charge < -0.3 is 14.2 Å². The molecule has 0 bridgehead atoms. The maximum absolute atomic E-state index is 13.7. The first-order chi connectivity index (χ1) is 16.8. The Morgan fingerprint density at radius 1 is 1.14 bits per heavy atom. The Labute approximate surface area is 222 Å². The van der Waals surface area contributed by atoms with E-state index in [0.29, 0.717) is 37.7 Å². The number of methoxy groups -OCH3 is 2. The third-order valence-corrected chi connectivity index (χ3v) is 7.62. The van der Waals surface area contributed by atoms with Gasteiger partial charge >= 0.3 is 5.97 Å². The molecule has 35 heavy (non-hydrogen) atoms. The smallest absolute Gasteiger partial charge is 0.338 e. The normalized spacial score (nSPS) is 15.5. The van der Waals surface area contributed by atoms with E-state index in [9.17, 15) is 9.59 Å². The largest absolute Gasteiger partial charge is 0.496 e. The molecule has 0 amide bonds. The highest BCUT2D eigenvalue weighted by atomic mass is 79.9. The molecule has 2 heterocycles. The molecule has 0 N–H and O–H groups in total. The van der Waals surface area contributed by atoms with Crippen molar-refractivity contribution >= 4 is 55.2 Å². The van der Waals surface area contributed by atoms with E-state index in [0.717, 1.165) is 14.5 Å². The summed E-state index contributed by atoms with van der Waals surface area (Å²) in [4.78, 5) is 31.8. The lowest BCUT2D eigenvalue weighted by atomic mass is 9.96. The van der Waals surface area contributed by atoms with E-state index in [1.807, 2.05) is 30.3 Å². The van der Waals surface area contributed by atoms with Crippen LogP contribution in [0, 0.1) is 0 Å².